The monoisotopic (exact) mass is 244 g/mol. The Morgan fingerprint density at radius 1 is 1.38 bits per heavy atom. The Hall–Kier alpha value is -0.490. The molecule has 0 aliphatic rings. The summed E-state index contributed by atoms with van der Waals surface area (Å²) >= 11 is 1.69. The fourth-order valence-corrected chi connectivity index (χ4v) is 1.96. The van der Waals surface area contributed by atoms with Crippen molar-refractivity contribution in [2.45, 2.75) is 32.7 Å². The summed E-state index contributed by atoms with van der Waals surface area (Å²) < 4.78 is 4.86. The summed E-state index contributed by atoms with van der Waals surface area (Å²) in [6, 6.07) is 0. The van der Waals surface area contributed by atoms with E-state index >= 15 is 0 Å². The number of nitrogens with zero attached hydrogens (tertiary/aromatic N) is 1. The highest BCUT2D eigenvalue weighted by Gasteiger charge is 2.17. The lowest BCUT2D eigenvalue weighted by Gasteiger charge is -2.13. The molecular weight excluding hydrogens is 224 g/mol. The second kappa shape index (κ2) is 6.30. The van der Waals surface area contributed by atoms with Crippen molar-refractivity contribution < 1.29 is 9.57 Å². The quantitative estimate of drug-likeness (QED) is 0.615. The highest BCUT2D eigenvalue weighted by atomic mass is 32.1. The average molecular weight is 244 g/mol. The molecule has 0 saturated carbocycles. The van der Waals surface area contributed by atoms with Gasteiger partial charge in [-0.3, -0.25) is 4.84 Å². The van der Waals surface area contributed by atoms with Gasteiger partial charge in [-0.05, 0) is 0 Å². The van der Waals surface area contributed by atoms with Crippen molar-refractivity contribution in [3.05, 3.63) is 16.1 Å². The van der Waals surface area contributed by atoms with E-state index in [0.29, 0.717) is 19.8 Å². The number of hydrogen-bond acceptors (Lipinski definition) is 5. The summed E-state index contributed by atoms with van der Waals surface area (Å²) in [7, 11) is 1.65. The van der Waals surface area contributed by atoms with Crippen molar-refractivity contribution >= 4 is 11.3 Å². The summed E-state index contributed by atoms with van der Waals surface area (Å²) in [4.78, 5) is 9.71. The Kier molecular flexibility index (Phi) is 5.34. The minimum Gasteiger partial charge on any atom is -0.382 e. The highest BCUT2D eigenvalue weighted by molar-refractivity contribution is 7.09. The maximum absolute atomic E-state index is 5.16. The third-order valence-corrected chi connectivity index (χ3v) is 3.26. The Bertz CT molecular complexity index is 307. The Labute approximate surface area is 101 Å². The number of methoxy groups -OCH3 is 1. The number of nitrogens with one attached hydrogen (secondary N) is 1. The normalized spacial score (nSPS) is 12.0. The molecule has 92 valence electrons. The van der Waals surface area contributed by atoms with E-state index in [4.69, 9.17) is 9.57 Å². The number of aromatic nitrogens is 1. The number of ether oxygens (including phenoxy) is 1. The van der Waals surface area contributed by atoms with Crippen molar-refractivity contribution in [3.8, 4) is 0 Å². The van der Waals surface area contributed by atoms with Crippen LogP contribution in [0.2, 0.25) is 0 Å². The first-order valence-corrected chi connectivity index (χ1v) is 6.20. The van der Waals surface area contributed by atoms with Crippen LogP contribution in [-0.2, 0) is 21.5 Å². The van der Waals surface area contributed by atoms with Crippen molar-refractivity contribution in [1.82, 2.24) is 10.5 Å². The molecule has 1 N–H and O–H groups in total. The fourth-order valence-electron chi connectivity index (χ4n) is 1.05. The van der Waals surface area contributed by atoms with Gasteiger partial charge < -0.3 is 4.74 Å². The molecule has 0 aliphatic heterocycles. The van der Waals surface area contributed by atoms with Crippen molar-refractivity contribution in [1.29, 1.82) is 0 Å². The van der Waals surface area contributed by atoms with Crippen molar-refractivity contribution in [2.24, 2.45) is 0 Å². The van der Waals surface area contributed by atoms with Gasteiger partial charge in [-0.1, -0.05) is 20.8 Å². The summed E-state index contributed by atoms with van der Waals surface area (Å²) in [5.41, 5.74) is 4.01. The molecule has 1 heterocycles. The number of hydroxylamine groups is 1. The van der Waals surface area contributed by atoms with Crippen LogP contribution in [0.3, 0.4) is 0 Å². The lowest BCUT2D eigenvalue weighted by molar-refractivity contribution is 0.00303. The van der Waals surface area contributed by atoms with E-state index in [-0.39, 0.29) is 5.41 Å². The molecule has 0 unspecified atom stereocenters. The molecule has 1 aromatic heterocycles. The lowest BCUT2D eigenvalue weighted by atomic mass is 9.98. The zero-order valence-electron chi connectivity index (χ0n) is 10.4. The van der Waals surface area contributed by atoms with Crippen LogP contribution in [-0.4, -0.2) is 25.3 Å². The number of rotatable bonds is 6. The molecule has 0 fully saturated rings. The zero-order chi connectivity index (χ0) is 12.0. The smallest absolute Gasteiger partial charge is 0.0982 e. The molecule has 1 rings (SSSR count). The van der Waals surface area contributed by atoms with Gasteiger partial charge in [0.25, 0.3) is 0 Å². The topological polar surface area (TPSA) is 43.4 Å². The van der Waals surface area contributed by atoms with Crippen molar-refractivity contribution in [3.63, 3.8) is 0 Å². The van der Waals surface area contributed by atoms with E-state index in [1.807, 2.05) is 0 Å². The lowest BCUT2D eigenvalue weighted by Crippen LogP contribution is -2.18. The van der Waals surface area contributed by atoms with E-state index in [2.05, 4.69) is 36.6 Å². The maximum Gasteiger partial charge on any atom is 0.0982 e. The van der Waals surface area contributed by atoms with Crippen molar-refractivity contribution in [2.75, 3.05) is 20.3 Å². The first-order valence-electron chi connectivity index (χ1n) is 5.32. The predicted octanol–water partition coefficient (Wildman–Crippen LogP) is 2.11. The first kappa shape index (κ1) is 13.6. The molecule has 0 radical (unpaired) electrons. The van der Waals surface area contributed by atoms with Crippen LogP contribution in [0, 0.1) is 0 Å². The molecule has 1 aromatic rings. The summed E-state index contributed by atoms with van der Waals surface area (Å²) in [6.07, 6.45) is 0. The summed E-state index contributed by atoms with van der Waals surface area (Å²) in [6.45, 7) is 8.27. The van der Waals surface area contributed by atoms with Crippen LogP contribution in [0.4, 0.5) is 0 Å². The third kappa shape index (κ3) is 4.57. The van der Waals surface area contributed by atoms with Gasteiger partial charge >= 0.3 is 0 Å². The molecule has 4 nitrogen and oxygen atoms in total. The maximum atomic E-state index is 5.16. The van der Waals surface area contributed by atoms with Gasteiger partial charge in [0.05, 0.1) is 30.5 Å². The zero-order valence-corrected chi connectivity index (χ0v) is 11.2. The van der Waals surface area contributed by atoms with Crippen LogP contribution in [0.1, 0.15) is 31.5 Å². The molecule has 0 spiro atoms. The molecule has 0 saturated heterocycles. The third-order valence-electron chi connectivity index (χ3n) is 1.94. The molecule has 0 bridgehead atoms. The van der Waals surface area contributed by atoms with Gasteiger partial charge in [-0.25, -0.2) is 4.98 Å². The molecule has 0 aromatic carbocycles. The fraction of sp³-hybridized carbons (Fsp3) is 0.727. The van der Waals surface area contributed by atoms with Gasteiger partial charge in [0, 0.05) is 17.9 Å². The van der Waals surface area contributed by atoms with E-state index in [0.717, 1.165) is 10.7 Å². The van der Waals surface area contributed by atoms with Gasteiger partial charge in [0.1, 0.15) is 0 Å². The number of thiazole rings is 1. The molecular formula is C11H20N2O2S. The van der Waals surface area contributed by atoms with Gasteiger partial charge in [0.15, 0.2) is 0 Å². The van der Waals surface area contributed by atoms with Crippen LogP contribution < -0.4 is 5.48 Å². The predicted molar refractivity (Wildman–Crippen MR) is 65.5 cm³/mol. The van der Waals surface area contributed by atoms with E-state index < -0.39 is 0 Å². The SMILES string of the molecule is COCCONCc1csc(C(C)(C)C)n1. The van der Waals surface area contributed by atoms with Crippen LogP contribution in [0.15, 0.2) is 5.38 Å². The van der Waals surface area contributed by atoms with Gasteiger partial charge in [0.2, 0.25) is 0 Å². The Morgan fingerprint density at radius 2 is 2.12 bits per heavy atom. The minimum absolute atomic E-state index is 0.125. The minimum atomic E-state index is 0.125. The second-order valence-electron chi connectivity index (χ2n) is 4.56. The van der Waals surface area contributed by atoms with Crippen LogP contribution in [0.5, 0.6) is 0 Å². The molecule has 0 amide bonds. The van der Waals surface area contributed by atoms with E-state index in [1.54, 1.807) is 18.4 Å². The van der Waals surface area contributed by atoms with Crippen LogP contribution >= 0.6 is 11.3 Å². The van der Waals surface area contributed by atoms with Gasteiger partial charge in [-0.2, -0.15) is 5.48 Å². The standard InChI is InChI=1S/C11H20N2O2S/c1-11(2,3)10-13-9(8-16-10)7-12-15-6-5-14-4/h8,12H,5-7H2,1-4H3. The van der Waals surface area contributed by atoms with E-state index in [1.165, 1.54) is 0 Å². The molecule has 16 heavy (non-hydrogen) atoms. The summed E-state index contributed by atoms with van der Waals surface area (Å²) in [5, 5.41) is 3.22. The Balaban J connectivity index is 2.30. The molecule has 0 aliphatic carbocycles. The average Bonchev–Trinajstić information content (AvgIpc) is 2.65. The van der Waals surface area contributed by atoms with Crippen LogP contribution in [0.25, 0.3) is 0 Å². The Morgan fingerprint density at radius 3 is 2.69 bits per heavy atom. The number of hydrogen-bond donors (Lipinski definition) is 1. The molecule has 5 heteroatoms. The first-order chi connectivity index (χ1) is 7.54. The van der Waals surface area contributed by atoms with E-state index in [9.17, 15) is 0 Å². The molecule has 0 atom stereocenters. The highest BCUT2D eigenvalue weighted by Crippen LogP contribution is 2.25. The summed E-state index contributed by atoms with van der Waals surface area (Å²) in [5.74, 6) is 0. The largest absolute Gasteiger partial charge is 0.382 e. The second-order valence-corrected chi connectivity index (χ2v) is 5.41. The van der Waals surface area contributed by atoms with Gasteiger partial charge in [-0.15, -0.1) is 11.3 Å².